The maximum Gasteiger partial charge on any atom is 0.0498 e. The Morgan fingerprint density at radius 2 is 1.33 bits per heavy atom. The van der Waals surface area contributed by atoms with Gasteiger partial charge in [-0.05, 0) is 17.1 Å². The van der Waals surface area contributed by atoms with E-state index < -0.39 is 8.80 Å². The Morgan fingerprint density at radius 3 is 1.60 bits per heavy atom. The third-order valence-electron chi connectivity index (χ3n) is 2.61. The van der Waals surface area contributed by atoms with Gasteiger partial charge in [-0.2, -0.15) is 0 Å². The summed E-state index contributed by atoms with van der Waals surface area (Å²) >= 11 is 0. The molecule has 0 fully saturated rings. The predicted octanol–water partition coefficient (Wildman–Crippen LogP) is 4.50. The Labute approximate surface area is 96.7 Å². The molecule has 0 saturated heterocycles. The van der Waals surface area contributed by atoms with Crippen LogP contribution in [-0.4, -0.2) is 8.80 Å². The molecule has 0 heterocycles. The van der Waals surface area contributed by atoms with Crippen molar-refractivity contribution < 1.29 is 0 Å². The second kappa shape index (κ2) is 7.47. The minimum absolute atomic E-state index is 0.483. The van der Waals surface area contributed by atoms with Gasteiger partial charge in [0, 0.05) is 8.80 Å². The summed E-state index contributed by atoms with van der Waals surface area (Å²) in [6.45, 7) is 14.5. The molecule has 0 nitrogen and oxygen atoms in total. The molecule has 0 aliphatic heterocycles. The summed E-state index contributed by atoms with van der Waals surface area (Å²) in [5.74, 6) is 0. The molecule has 0 aliphatic carbocycles. The zero-order valence-electron chi connectivity index (χ0n) is 10.4. The van der Waals surface area contributed by atoms with Crippen molar-refractivity contribution in [3.63, 3.8) is 0 Å². The van der Waals surface area contributed by atoms with Gasteiger partial charge in [0.05, 0.1) is 0 Å². The fraction of sp³-hybridized carbons (Fsp3) is 0.429. The predicted molar refractivity (Wildman–Crippen MR) is 75.2 cm³/mol. The Hall–Kier alpha value is -0.823. The van der Waals surface area contributed by atoms with Crippen LogP contribution in [0.3, 0.4) is 0 Å². The van der Waals surface area contributed by atoms with E-state index >= 15 is 0 Å². The summed E-state index contributed by atoms with van der Waals surface area (Å²) in [5.41, 5.74) is 0. The Bertz CT molecular complexity index is 221. The molecule has 0 aromatic heterocycles. The van der Waals surface area contributed by atoms with Gasteiger partial charge in [0.25, 0.3) is 0 Å². The molecule has 0 aliphatic rings. The Morgan fingerprint density at radius 1 is 0.933 bits per heavy atom. The van der Waals surface area contributed by atoms with Gasteiger partial charge in [-0.15, -0.1) is 0 Å². The topological polar surface area (TPSA) is 0 Å². The fourth-order valence-electron chi connectivity index (χ4n) is 1.48. The summed E-state index contributed by atoms with van der Waals surface area (Å²) in [6.07, 6.45) is 12.3. The fourth-order valence-corrected chi connectivity index (χ4v) is 4.06. The van der Waals surface area contributed by atoms with Crippen LogP contribution in [0.2, 0.25) is 17.1 Å². The normalized spacial score (nSPS) is 12.8. The van der Waals surface area contributed by atoms with Crippen LogP contribution in [0, 0.1) is 0 Å². The van der Waals surface area contributed by atoms with Crippen molar-refractivity contribution in [3.05, 3.63) is 49.6 Å². The van der Waals surface area contributed by atoms with Crippen molar-refractivity contribution >= 4 is 8.80 Å². The minimum atomic E-state index is -0.754. The van der Waals surface area contributed by atoms with Gasteiger partial charge in [-0.25, -0.2) is 0 Å². The molecular weight excluding hydrogens is 196 g/mol. The lowest BCUT2D eigenvalue weighted by atomic mass is 10.2. The molecule has 0 N–H and O–H groups in total. The molecule has 1 heteroatoms. The van der Waals surface area contributed by atoms with Crippen LogP contribution >= 0.6 is 0 Å². The highest BCUT2D eigenvalue weighted by molar-refractivity contribution is 6.63. The first-order chi connectivity index (χ1) is 7.02. The van der Waals surface area contributed by atoms with Gasteiger partial charge in [0.1, 0.15) is 0 Å². The molecule has 0 spiro atoms. The maximum atomic E-state index is 3.70. The lowest BCUT2D eigenvalue weighted by Gasteiger charge is -2.27. The quantitative estimate of drug-likeness (QED) is 0.457. The van der Waals surface area contributed by atoms with Crippen molar-refractivity contribution in [2.45, 2.75) is 37.9 Å². The second-order valence-electron chi connectivity index (χ2n) is 4.86. The highest BCUT2D eigenvalue weighted by Gasteiger charge is 2.23. The van der Waals surface area contributed by atoms with Crippen molar-refractivity contribution in [2.24, 2.45) is 0 Å². The van der Waals surface area contributed by atoms with Gasteiger partial charge in [0.15, 0.2) is 0 Å². The number of hydrogen-bond acceptors (Lipinski definition) is 0. The zero-order valence-corrected chi connectivity index (χ0v) is 11.5. The Balaban J connectivity index is 4.31. The molecule has 0 saturated carbocycles. The largest absolute Gasteiger partial charge is 0.0991 e. The van der Waals surface area contributed by atoms with E-state index in [1.807, 2.05) is 12.2 Å². The van der Waals surface area contributed by atoms with E-state index in [0.717, 1.165) is 0 Å². The smallest absolute Gasteiger partial charge is 0.0498 e. The van der Waals surface area contributed by atoms with E-state index in [9.17, 15) is 0 Å². The van der Waals surface area contributed by atoms with Crippen LogP contribution in [0.1, 0.15) is 20.8 Å². The summed E-state index contributed by atoms with van der Waals surface area (Å²) < 4.78 is 0. The average molecular weight is 220 g/mol. The molecule has 84 valence electrons. The monoisotopic (exact) mass is 220 g/mol. The summed E-state index contributed by atoms with van der Waals surface area (Å²) in [4.78, 5) is 0. The van der Waals surface area contributed by atoms with Crippen molar-refractivity contribution in [3.8, 4) is 0 Å². The molecular formula is C14H24Si. The van der Waals surface area contributed by atoms with Crippen LogP contribution in [-0.2, 0) is 0 Å². The van der Waals surface area contributed by atoms with Gasteiger partial charge < -0.3 is 0 Å². The molecule has 0 bridgehead atoms. The van der Waals surface area contributed by atoms with Crippen LogP contribution in [0.5, 0.6) is 0 Å². The van der Waals surface area contributed by atoms with Gasteiger partial charge >= 0.3 is 0 Å². The lowest BCUT2D eigenvalue weighted by molar-refractivity contribution is 0.733. The van der Waals surface area contributed by atoms with Crippen LogP contribution in [0.15, 0.2) is 49.6 Å². The maximum absolute atomic E-state index is 3.70. The van der Waals surface area contributed by atoms with E-state index in [2.05, 4.69) is 58.2 Å². The number of allylic oxidation sites excluding steroid dienone is 6. The summed E-state index contributed by atoms with van der Waals surface area (Å²) in [7, 11) is -0.754. The lowest BCUT2D eigenvalue weighted by Crippen LogP contribution is -2.23. The summed E-state index contributed by atoms with van der Waals surface area (Å²) in [6, 6.07) is 2.49. The third-order valence-corrected chi connectivity index (χ3v) is 6.74. The standard InChI is InChI=1S/C14H24Si/c1-6-8-10-12-15(14(3,4)5)13-11-9-7-2/h6-11,15H,1-2,12-13H2,3-5H3/b10-8+,11-9+. The average Bonchev–Trinajstić information content (AvgIpc) is 2.14. The van der Waals surface area contributed by atoms with Crippen molar-refractivity contribution in [1.82, 2.24) is 0 Å². The number of rotatable bonds is 6. The highest BCUT2D eigenvalue weighted by atomic mass is 28.3. The van der Waals surface area contributed by atoms with Crippen LogP contribution < -0.4 is 0 Å². The molecule has 0 unspecified atom stereocenters. The zero-order chi connectivity index (χ0) is 11.7. The molecule has 0 radical (unpaired) electrons. The van der Waals surface area contributed by atoms with Gasteiger partial charge in [-0.3, -0.25) is 0 Å². The molecule has 0 rings (SSSR count). The van der Waals surface area contributed by atoms with Crippen LogP contribution in [0.4, 0.5) is 0 Å². The highest BCUT2D eigenvalue weighted by Crippen LogP contribution is 2.32. The van der Waals surface area contributed by atoms with E-state index in [0.29, 0.717) is 5.04 Å². The molecule has 15 heavy (non-hydrogen) atoms. The van der Waals surface area contributed by atoms with Gasteiger partial charge in [0.2, 0.25) is 0 Å². The van der Waals surface area contributed by atoms with E-state index in [4.69, 9.17) is 0 Å². The van der Waals surface area contributed by atoms with Crippen molar-refractivity contribution in [2.75, 3.05) is 0 Å². The Kier molecular flexibility index (Phi) is 7.06. The second-order valence-corrected chi connectivity index (χ2v) is 8.93. The molecule has 0 aromatic rings. The van der Waals surface area contributed by atoms with E-state index in [1.165, 1.54) is 12.1 Å². The van der Waals surface area contributed by atoms with Crippen molar-refractivity contribution in [1.29, 1.82) is 0 Å². The first-order valence-electron chi connectivity index (χ1n) is 5.57. The van der Waals surface area contributed by atoms with E-state index in [1.54, 1.807) is 0 Å². The first-order valence-corrected chi connectivity index (χ1v) is 7.78. The first kappa shape index (κ1) is 14.2. The number of hydrogen-bond donors (Lipinski definition) is 0. The van der Waals surface area contributed by atoms with E-state index in [-0.39, 0.29) is 0 Å². The van der Waals surface area contributed by atoms with Gasteiger partial charge in [-0.1, -0.05) is 70.4 Å². The third kappa shape index (κ3) is 7.15. The molecule has 0 amide bonds. The minimum Gasteiger partial charge on any atom is -0.0991 e. The summed E-state index contributed by atoms with van der Waals surface area (Å²) in [5, 5.41) is 0.483. The molecule has 0 atom stereocenters. The molecule has 0 aromatic carbocycles. The van der Waals surface area contributed by atoms with Crippen LogP contribution in [0.25, 0.3) is 0 Å². The SMILES string of the molecule is C=C/C=C/C[SiH](C/C=C/C=C)C(C)(C)C.